The number of amides is 1. The predicted molar refractivity (Wildman–Crippen MR) is 89.2 cm³/mol. The van der Waals surface area contributed by atoms with Crippen LogP contribution in [0.5, 0.6) is 5.75 Å². The number of carboxylic acid groups (broad SMARTS) is 1. The molecule has 1 unspecified atom stereocenters. The lowest BCUT2D eigenvalue weighted by Crippen LogP contribution is -2.40. The minimum Gasteiger partial charge on any atom is -0.480 e. The molecule has 1 aliphatic rings. The summed E-state index contributed by atoms with van der Waals surface area (Å²) in [5.41, 5.74) is 3.27. The van der Waals surface area contributed by atoms with Gasteiger partial charge in [-0.1, -0.05) is 29.8 Å². The standard InChI is InChI=1S/C19H19NO4/c1-12-5-7-16-14(9-12)6-8-17(24-16)18(21)20-11-13-3-2-4-15(10-13)19(22)23/h2-5,7,9-10,17H,6,8,11H2,1H3,(H,20,21)(H,22,23). The van der Waals surface area contributed by atoms with Crippen LogP contribution in [0.15, 0.2) is 42.5 Å². The van der Waals surface area contributed by atoms with E-state index in [1.165, 1.54) is 11.6 Å². The fourth-order valence-electron chi connectivity index (χ4n) is 2.82. The Hall–Kier alpha value is -2.82. The van der Waals surface area contributed by atoms with Crippen molar-refractivity contribution in [1.82, 2.24) is 5.32 Å². The zero-order valence-corrected chi connectivity index (χ0v) is 13.4. The largest absolute Gasteiger partial charge is 0.480 e. The lowest BCUT2D eigenvalue weighted by atomic mass is 10.00. The fraction of sp³-hybridized carbons (Fsp3) is 0.263. The number of nitrogens with one attached hydrogen (secondary N) is 1. The number of aromatic carboxylic acids is 1. The summed E-state index contributed by atoms with van der Waals surface area (Å²) >= 11 is 0. The van der Waals surface area contributed by atoms with Gasteiger partial charge in [0.2, 0.25) is 0 Å². The first-order chi connectivity index (χ1) is 11.5. The highest BCUT2D eigenvalue weighted by Gasteiger charge is 2.25. The minimum atomic E-state index is -0.981. The SMILES string of the molecule is Cc1ccc2c(c1)CCC(C(=O)NCc1cccc(C(=O)O)c1)O2. The van der Waals surface area contributed by atoms with Crippen LogP contribution < -0.4 is 10.1 Å². The molecule has 0 spiro atoms. The third-order valence-electron chi connectivity index (χ3n) is 4.09. The Bertz CT molecular complexity index is 785. The van der Waals surface area contributed by atoms with Crippen molar-refractivity contribution in [2.45, 2.75) is 32.4 Å². The van der Waals surface area contributed by atoms with Gasteiger partial charge in [0.05, 0.1) is 5.56 Å². The van der Waals surface area contributed by atoms with E-state index in [9.17, 15) is 9.59 Å². The molecule has 1 aliphatic heterocycles. The molecule has 1 heterocycles. The van der Waals surface area contributed by atoms with Crippen LogP contribution in [-0.2, 0) is 17.8 Å². The van der Waals surface area contributed by atoms with Gasteiger partial charge in [-0.05, 0) is 49.1 Å². The van der Waals surface area contributed by atoms with Crippen LogP contribution in [0.2, 0.25) is 0 Å². The van der Waals surface area contributed by atoms with E-state index in [1.807, 2.05) is 19.1 Å². The quantitative estimate of drug-likeness (QED) is 0.906. The summed E-state index contributed by atoms with van der Waals surface area (Å²) in [7, 11) is 0. The molecule has 1 amide bonds. The average molecular weight is 325 g/mol. The number of hydrogen-bond acceptors (Lipinski definition) is 3. The molecule has 0 bridgehead atoms. The van der Waals surface area contributed by atoms with Crippen LogP contribution in [0.1, 0.15) is 33.5 Å². The Morgan fingerprint density at radius 1 is 1.25 bits per heavy atom. The molecule has 2 aromatic carbocycles. The molecule has 124 valence electrons. The average Bonchev–Trinajstić information content (AvgIpc) is 2.59. The summed E-state index contributed by atoms with van der Waals surface area (Å²) in [6, 6.07) is 12.5. The Kier molecular flexibility index (Phi) is 4.51. The summed E-state index contributed by atoms with van der Waals surface area (Å²) in [6.07, 6.45) is 0.934. The maximum Gasteiger partial charge on any atom is 0.335 e. The Balaban J connectivity index is 1.61. The van der Waals surface area contributed by atoms with E-state index in [-0.39, 0.29) is 18.0 Å². The van der Waals surface area contributed by atoms with E-state index in [0.29, 0.717) is 6.42 Å². The van der Waals surface area contributed by atoms with Gasteiger partial charge >= 0.3 is 5.97 Å². The second-order valence-electron chi connectivity index (χ2n) is 5.98. The van der Waals surface area contributed by atoms with Gasteiger partial charge in [-0.3, -0.25) is 4.79 Å². The van der Waals surface area contributed by atoms with Crippen molar-refractivity contribution in [2.75, 3.05) is 0 Å². The van der Waals surface area contributed by atoms with E-state index in [1.54, 1.807) is 18.2 Å². The molecule has 2 aromatic rings. The number of rotatable bonds is 4. The third-order valence-corrected chi connectivity index (χ3v) is 4.09. The molecule has 0 aliphatic carbocycles. The van der Waals surface area contributed by atoms with Crippen molar-refractivity contribution >= 4 is 11.9 Å². The second-order valence-corrected chi connectivity index (χ2v) is 5.98. The van der Waals surface area contributed by atoms with Crippen molar-refractivity contribution in [3.05, 3.63) is 64.7 Å². The monoisotopic (exact) mass is 325 g/mol. The molecular formula is C19H19NO4. The number of carbonyl (C=O) groups is 2. The van der Waals surface area contributed by atoms with Crippen molar-refractivity contribution in [1.29, 1.82) is 0 Å². The molecule has 2 N–H and O–H groups in total. The summed E-state index contributed by atoms with van der Waals surface area (Å²) in [4.78, 5) is 23.3. The smallest absolute Gasteiger partial charge is 0.335 e. The highest BCUT2D eigenvalue weighted by atomic mass is 16.5. The molecule has 0 saturated carbocycles. The number of carbonyl (C=O) groups excluding carboxylic acids is 1. The van der Waals surface area contributed by atoms with Crippen molar-refractivity contribution in [3.8, 4) is 5.75 Å². The third kappa shape index (κ3) is 3.56. The zero-order chi connectivity index (χ0) is 17.1. The van der Waals surface area contributed by atoms with E-state index >= 15 is 0 Å². The number of carboxylic acids is 1. The van der Waals surface area contributed by atoms with Crippen LogP contribution >= 0.6 is 0 Å². The molecule has 0 radical (unpaired) electrons. The first-order valence-corrected chi connectivity index (χ1v) is 7.89. The van der Waals surface area contributed by atoms with Crippen LogP contribution in [0, 0.1) is 6.92 Å². The molecule has 1 atom stereocenters. The maximum absolute atomic E-state index is 12.3. The highest BCUT2D eigenvalue weighted by Crippen LogP contribution is 2.28. The normalized spacial score (nSPS) is 16.0. The van der Waals surface area contributed by atoms with Gasteiger partial charge in [0.25, 0.3) is 5.91 Å². The van der Waals surface area contributed by atoms with Gasteiger partial charge in [-0.25, -0.2) is 4.79 Å². The summed E-state index contributed by atoms with van der Waals surface area (Å²) in [5, 5.41) is 11.8. The van der Waals surface area contributed by atoms with E-state index < -0.39 is 12.1 Å². The second kappa shape index (κ2) is 6.74. The first kappa shape index (κ1) is 16.1. The first-order valence-electron chi connectivity index (χ1n) is 7.89. The number of benzene rings is 2. The van der Waals surface area contributed by atoms with Crippen molar-refractivity contribution in [2.24, 2.45) is 0 Å². The lowest BCUT2D eigenvalue weighted by molar-refractivity contribution is -0.128. The minimum absolute atomic E-state index is 0.179. The van der Waals surface area contributed by atoms with E-state index in [2.05, 4.69) is 11.4 Å². The lowest BCUT2D eigenvalue weighted by Gasteiger charge is -2.25. The summed E-state index contributed by atoms with van der Waals surface area (Å²) in [5.74, 6) is -0.396. The van der Waals surface area contributed by atoms with Gasteiger partial charge in [0.15, 0.2) is 6.10 Å². The van der Waals surface area contributed by atoms with Crippen LogP contribution in [-0.4, -0.2) is 23.1 Å². The molecular weight excluding hydrogens is 306 g/mol. The topological polar surface area (TPSA) is 75.6 Å². The molecule has 5 nitrogen and oxygen atoms in total. The Morgan fingerprint density at radius 2 is 2.08 bits per heavy atom. The van der Waals surface area contributed by atoms with Crippen LogP contribution in [0.4, 0.5) is 0 Å². The van der Waals surface area contributed by atoms with E-state index in [4.69, 9.17) is 9.84 Å². The highest BCUT2D eigenvalue weighted by molar-refractivity contribution is 5.87. The number of ether oxygens (including phenoxy) is 1. The number of aryl methyl sites for hydroxylation is 2. The summed E-state index contributed by atoms with van der Waals surface area (Å²) < 4.78 is 5.79. The molecule has 24 heavy (non-hydrogen) atoms. The maximum atomic E-state index is 12.3. The fourth-order valence-corrected chi connectivity index (χ4v) is 2.82. The number of hydrogen-bond donors (Lipinski definition) is 2. The van der Waals surface area contributed by atoms with Gasteiger partial charge < -0.3 is 15.2 Å². The van der Waals surface area contributed by atoms with Crippen molar-refractivity contribution < 1.29 is 19.4 Å². The predicted octanol–water partition coefficient (Wildman–Crippen LogP) is 2.70. The van der Waals surface area contributed by atoms with E-state index in [0.717, 1.165) is 23.3 Å². The number of fused-ring (bicyclic) bond motifs is 1. The van der Waals surface area contributed by atoms with Gasteiger partial charge in [-0.2, -0.15) is 0 Å². The zero-order valence-electron chi connectivity index (χ0n) is 13.4. The Morgan fingerprint density at radius 3 is 2.88 bits per heavy atom. The molecule has 3 rings (SSSR count). The molecule has 0 aromatic heterocycles. The van der Waals surface area contributed by atoms with Gasteiger partial charge in [0.1, 0.15) is 5.75 Å². The van der Waals surface area contributed by atoms with Crippen molar-refractivity contribution in [3.63, 3.8) is 0 Å². The van der Waals surface area contributed by atoms with Crippen LogP contribution in [0.3, 0.4) is 0 Å². The summed E-state index contributed by atoms with van der Waals surface area (Å²) in [6.45, 7) is 2.31. The molecule has 0 fully saturated rings. The molecule has 0 saturated heterocycles. The van der Waals surface area contributed by atoms with Gasteiger partial charge in [-0.15, -0.1) is 0 Å². The van der Waals surface area contributed by atoms with Crippen LogP contribution in [0.25, 0.3) is 0 Å². The Labute approximate surface area is 140 Å². The molecule has 5 heteroatoms. The van der Waals surface area contributed by atoms with Gasteiger partial charge in [0, 0.05) is 6.54 Å².